The monoisotopic (exact) mass is 984 g/mol. The molecular formula is C50H81NO18. The number of ether oxygens (including phenoxy) is 6. The average Bonchev–Trinajstić information content (AvgIpc) is 3.34. The molecule has 0 radical (unpaired) electrons. The average molecular weight is 984 g/mol. The molecule has 0 aromatic carbocycles. The molecule has 0 aromatic rings. The molecule has 3 heterocycles. The number of unbranched alkanes of at least 4 members (excludes halogenated alkanes) is 4. The van der Waals surface area contributed by atoms with Gasteiger partial charge in [0.1, 0.15) is 73.2 Å². The van der Waals surface area contributed by atoms with E-state index in [0.29, 0.717) is 12.8 Å². The molecule has 0 spiro atoms. The van der Waals surface area contributed by atoms with Gasteiger partial charge >= 0.3 is 0 Å². The van der Waals surface area contributed by atoms with Crippen LogP contribution in [0.15, 0.2) is 85.1 Å². The zero-order valence-electron chi connectivity index (χ0n) is 40.0. The van der Waals surface area contributed by atoms with Gasteiger partial charge in [-0.05, 0) is 77.6 Å². The van der Waals surface area contributed by atoms with Gasteiger partial charge in [0.05, 0.1) is 38.6 Å². The first-order chi connectivity index (χ1) is 33.3. The molecule has 12 N–H and O–H groups in total. The van der Waals surface area contributed by atoms with Crippen LogP contribution in [0.25, 0.3) is 0 Å². The van der Waals surface area contributed by atoms with Gasteiger partial charge in [-0.25, -0.2) is 0 Å². The van der Waals surface area contributed by atoms with Gasteiger partial charge in [0.15, 0.2) is 18.9 Å². The summed E-state index contributed by atoms with van der Waals surface area (Å²) in [7, 11) is 0. The fraction of sp³-hybridized carbons (Fsp3) is 0.700. The highest BCUT2D eigenvalue weighted by Gasteiger charge is 2.53. The fourth-order valence-electron chi connectivity index (χ4n) is 7.69. The molecule has 19 heteroatoms. The predicted octanol–water partition coefficient (Wildman–Crippen LogP) is 0.911. The van der Waals surface area contributed by atoms with Crippen LogP contribution in [0.3, 0.4) is 0 Å². The van der Waals surface area contributed by atoms with Gasteiger partial charge in [0, 0.05) is 6.42 Å². The van der Waals surface area contributed by atoms with Crippen LogP contribution in [0.5, 0.6) is 0 Å². The Labute approximate surface area is 406 Å². The van der Waals surface area contributed by atoms with Crippen molar-refractivity contribution in [2.45, 2.75) is 195 Å². The number of hydrogen-bond donors (Lipinski definition) is 12. The summed E-state index contributed by atoms with van der Waals surface area (Å²) in [6, 6.07) is -1.02. The molecule has 17 unspecified atom stereocenters. The molecule has 69 heavy (non-hydrogen) atoms. The van der Waals surface area contributed by atoms with E-state index in [4.69, 9.17) is 28.4 Å². The highest BCUT2D eigenvalue weighted by atomic mass is 16.8. The number of carbonyl (C=O) groups excluding carboxylic acids is 1. The first-order valence-corrected chi connectivity index (χ1v) is 24.3. The van der Waals surface area contributed by atoms with Gasteiger partial charge in [-0.1, -0.05) is 92.0 Å². The van der Waals surface area contributed by atoms with Gasteiger partial charge in [0.25, 0.3) is 0 Å². The third kappa shape index (κ3) is 20.5. The van der Waals surface area contributed by atoms with E-state index in [9.17, 15) is 61.0 Å². The Bertz CT molecular complexity index is 1600. The minimum atomic E-state index is -1.99. The summed E-state index contributed by atoms with van der Waals surface area (Å²) < 4.78 is 34.0. The highest BCUT2D eigenvalue weighted by molar-refractivity contribution is 5.76. The van der Waals surface area contributed by atoms with Crippen molar-refractivity contribution in [2.24, 2.45) is 0 Å². The van der Waals surface area contributed by atoms with Crippen LogP contribution in [0.1, 0.15) is 90.9 Å². The Kier molecular flexibility index (Phi) is 30.0. The fourth-order valence-corrected chi connectivity index (χ4v) is 7.69. The Morgan fingerprint density at radius 2 is 1.01 bits per heavy atom. The SMILES string of the molecule is C/C=C/CC/C=C/CC/C=C/C(O)C(COC1OC(CO)C(OC2OC(CO)C(OC3OC(CO)C(O)C(O)C3O)C(O)C2O)C(O)C1O)NC(=O)CCCC/C=C\C/C=C\C/C=C\C/C=C\CC. The number of aliphatic hydroxyl groups is 11. The number of amides is 1. The van der Waals surface area contributed by atoms with Gasteiger partial charge in [-0.2, -0.15) is 0 Å². The Morgan fingerprint density at radius 1 is 0.551 bits per heavy atom. The standard InChI is InChI=1S/C50H81NO18/c1-3-5-7-9-11-13-14-15-16-17-18-20-22-24-26-28-38(56)51-33(34(55)27-25-23-21-19-12-10-8-6-4-2)32-64-48-44(62)41(59)46(36(30-53)66-48)69-50-45(63)42(60)47(37(31-54)67-50)68-49-43(61)40(58)39(57)35(29-52)65-49/h4-7,11-13,15-16,18-20,25,27,33-37,39-50,52-55,57-63H,3,8-10,14,17,21-24,26,28-32H2,1-2H3,(H,51,56)/b6-4+,7-5-,13-11-,16-15-,19-12+,20-18-,27-25+. The van der Waals surface area contributed by atoms with Crippen LogP contribution in [0.2, 0.25) is 0 Å². The van der Waals surface area contributed by atoms with Crippen molar-refractivity contribution in [3.05, 3.63) is 85.1 Å². The molecule has 0 saturated carbocycles. The molecule has 1 amide bonds. The minimum absolute atomic E-state index is 0.174. The van der Waals surface area contributed by atoms with Crippen molar-refractivity contribution in [2.75, 3.05) is 26.4 Å². The number of aliphatic hydroxyl groups excluding tert-OH is 11. The van der Waals surface area contributed by atoms with E-state index in [2.05, 4.69) is 79.1 Å². The number of allylic oxidation sites excluding steroid dienone is 13. The quantitative estimate of drug-likeness (QED) is 0.0339. The molecule has 19 nitrogen and oxygen atoms in total. The van der Waals surface area contributed by atoms with E-state index < -0.39 is 131 Å². The van der Waals surface area contributed by atoms with Crippen LogP contribution in [0, 0.1) is 0 Å². The summed E-state index contributed by atoms with van der Waals surface area (Å²) in [6.07, 6.45) is 10.6. The molecule has 3 aliphatic rings. The van der Waals surface area contributed by atoms with Crippen molar-refractivity contribution in [1.82, 2.24) is 5.32 Å². The van der Waals surface area contributed by atoms with E-state index in [1.54, 1.807) is 12.2 Å². The van der Waals surface area contributed by atoms with Crippen molar-refractivity contribution >= 4 is 5.91 Å². The molecule has 0 aliphatic carbocycles. The van der Waals surface area contributed by atoms with Gasteiger partial charge in [0.2, 0.25) is 5.91 Å². The van der Waals surface area contributed by atoms with Crippen molar-refractivity contribution in [3.63, 3.8) is 0 Å². The number of carbonyl (C=O) groups is 1. The third-order valence-electron chi connectivity index (χ3n) is 11.8. The van der Waals surface area contributed by atoms with Crippen LogP contribution >= 0.6 is 0 Å². The maximum atomic E-state index is 13.2. The van der Waals surface area contributed by atoms with Crippen LogP contribution in [-0.2, 0) is 33.2 Å². The lowest BCUT2D eigenvalue weighted by atomic mass is 9.96. The van der Waals surface area contributed by atoms with Gasteiger partial charge < -0.3 is 89.9 Å². The maximum Gasteiger partial charge on any atom is 0.220 e. The molecule has 3 fully saturated rings. The van der Waals surface area contributed by atoms with E-state index in [1.165, 1.54) is 0 Å². The maximum absolute atomic E-state index is 13.2. The lowest BCUT2D eigenvalue weighted by Gasteiger charge is -2.48. The summed E-state index contributed by atoms with van der Waals surface area (Å²) >= 11 is 0. The second-order valence-electron chi connectivity index (χ2n) is 17.2. The summed E-state index contributed by atoms with van der Waals surface area (Å²) in [5.74, 6) is -0.340. The summed E-state index contributed by atoms with van der Waals surface area (Å²) in [5, 5.41) is 119. The summed E-state index contributed by atoms with van der Waals surface area (Å²) in [4.78, 5) is 13.2. The molecule has 394 valence electrons. The predicted molar refractivity (Wildman–Crippen MR) is 254 cm³/mol. The van der Waals surface area contributed by atoms with E-state index in [0.717, 1.165) is 57.8 Å². The van der Waals surface area contributed by atoms with Crippen LogP contribution in [0.4, 0.5) is 0 Å². The molecular weight excluding hydrogens is 903 g/mol. The first-order valence-electron chi connectivity index (χ1n) is 24.3. The van der Waals surface area contributed by atoms with Gasteiger partial charge in [-0.3, -0.25) is 4.79 Å². The van der Waals surface area contributed by atoms with E-state index in [-0.39, 0.29) is 12.3 Å². The minimum Gasteiger partial charge on any atom is -0.394 e. The third-order valence-corrected chi connectivity index (χ3v) is 11.8. The number of hydrogen-bond acceptors (Lipinski definition) is 18. The molecule has 0 bridgehead atoms. The normalized spacial score (nSPS) is 33.6. The largest absolute Gasteiger partial charge is 0.394 e. The molecule has 3 rings (SSSR count). The second-order valence-corrected chi connectivity index (χ2v) is 17.2. The Morgan fingerprint density at radius 3 is 1.57 bits per heavy atom. The number of nitrogens with one attached hydrogen (secondary N) is 1. The Balaban J connectivity index is 1.59. The van der Waals surface area contributed by atoms with E-state index >= 15 is 0 Å². The summed E-state index contributed by atoms with van der Waals surface area (Å²) in [5.41, 5.74) is 0. The smallest absolute Gasteiger partial charge is 0.220 e. The molecule has 17 atom stereocenters. The van der Waals surface area contributed by atoms with Crippen molar-refractivity contribution < 1.29 is 89.4 Å². The Hall–Kier alpha value is -3.03. The van der Waals surface area contributed by atoms with E-state index in [1.807, 2.05) is 13.0 Å². The zero-order valence-corrected chi connectivity index (χ0v) is 40.0. The lowest BCUT2D eigenvalue weighted by Crippen LogP contribution is -2.66. The molecule has 3 aliphatic heterocycles. The molecule has 0 aromatic heterocycles. The zero-order chi connectivity index (χ0) is 50.6. The van der Waals surface area contributed by atoms with Crippen LogP contribution in [-0.4, -0.2) is 193 Å². The number of rotatable bonds is 31. The topological polar surface area (TPSA) is 307 Å². The highest BCUT2D eigenvalue weighted by Crippen LogP contribution is 2.33. The molecule has 3 saturated heterocycles. The lowest BCUT2D eigenvalue weighted by molar-refractivity contribution is -0.379. The van der Waals surface area contributed by atoms with Crippen molar-refractivity contribution in [3.8, 4) is 0 Å². The van der Waals surface area contributed by atoms with Crippen molar-refractivity contribution in [1.29, 1.82) is 0 Å². The first kappa shape index (κ1) is 60.3. The van der Waals surface area contributed by atoms with Crippen LogP contribution < -0.4 is 5.32 Å². The second kappa shape index (κ2) is 34.4. The summed E-state index contributed by atoms with van der Waals surface area (Å²) in [6.45, 7) is 1.23. The van der Waals surface area contributed by atoms with Gasteiger partial charge in [-0.15, -0.1) is 0 Å².